The molecule has 0 bridgehead atoms. The van der Waals surface area contributed by atoms with E-state index in [1.807, 2.05) is 25.8 Å². The molecule has 1 saturated carbocycles. The van der Waals surface area contributed by atoms with Gasteiger partial charge in [-0.15, -0.1) is 0 Å². The molecule has 1 aliphatic carbocycles. The summed E-state index contributed by atoms with van der Waals surface area (Å²) in [5, 5.41) is 3.02. The molecule has 5 heteroatoms. The first kappa shape index (κ1) is 14.8. The summed E-state index contributed by atoms with van der Waals surface area (Å²) in [5.41, 5.74) is 1.19. The number of amides is 1. The van der Waals surface area contributed by atoms with Gasteiger partial charge in [-0.3, -0.25) is 4.79 Å². The minimum absolute atomic E-state index is 0.00875. The Balaban J connectivity index is 2.29. The van der Waals surface area contributed by atoms with E-state index in [0.29, 0.717) is 23.2 Å². The zero-order chi connectivity index (χ0) is 14.7. The third-order valence-electron chi connectivity index (χ3n) is 3.99. The molecule has 0 aromatic carbocycles. The molecular formula is C15H24N4O. The smallest absolute Gasteiger partial charge is 0.274 e. The molecule has 0 radical (unpaired) electrons. The lowest BCUT2D eigenvalue weighted by molar-refractivity contribution is 0.0729. The van der Waals surface area contributed by atoms with Crippen LogP contribution in [0, 0.1) is 0 Å². The standard InChI is InChI=1S/C15H24N4O/c1-10(2)14-17-9-12(16-3)13(18-14)15(20)19(4)11-7-5-6-8-11/h9-11,16H,5-8H2,1-4H3. The third-order valence-corrected chi connectivity index (χ3v) is 3.99. The van der Waals surface area contributed by atoms with Crippen LogP contribution in [0.15, 0.2) is 6.20 Å². The topological polar surface area (TPSA) is 58.1 Å². The number of hydrogen-bond acceptors (Lipinski definition) is 4. The summed E-state index contributed by atoms with van der Waals surface area (Å²) in [7, 11) is 3.68. The monoisotopic (exact) mass is 276 g/mol. The predicted octanol–water partition coefficient (Wildman–Crippen LogP) is 2.66. The normalized spacial score (nSPS) is 15.7. The van der Waals surface area contributed by atoms with Crippen LogP contribution < -0.4 is 5.32 Å². The van der Waals surface area contributed by atoms with Crippen LogP contribution in [0.25, 0.3) is 0 Å². The number of carbonyl (C=O) groups is 1. The summed E-state index contributed by atoms with van der Waals surface area (Å²) in [5.74, 6) is 0.918. The second-order valence-corrected chi connectivity index (χ2v) is 5.75. The summed E-state index contributed by atoms with van der Waals surface area (Å²) in [4.78, 5) is 23.3. The van der Waals surface area contributed by atoms with Gasteiger partial charge in [0.2, 0.25) is 0 Å². The highest BCUT2D eigenvalue weighted by atomic mass is 16.2. The van der Waals surface area contributed by atoms with Gasteiger partial charge >= 0.3 is 0 Å². The molecule has 0 saturated heterocycles. The Labute approximate surface area is 120 Å². The molecule has 110 valence electrons. The summed E-state index contributed by atoms with van der Waals surface area (Å²) in [6.07, 6.45) is 6.32. The van der Waals surface area contributed by atoms with Crippen LogP contribution in [-0.2, 0) is 0 Å². The largest absolute Gasteiger partial charge is 0.385 e. The Morgan fingerprint density at radius 1 is 1.40 bits per heavy atom. The highest BCUT2D eigenvalue weighted by Gasteiger charge is 2.27. The minimum Gasteiger partial charge on any atom is -0.385 e. The van der Waals surface area contributed by atoms with Gasteiger partial charge in [-0.2, -0.15) is 0 Å². The van der Waals surface area contributed by atoms with Gasteiger partial charge in [0.15, 0.2) is 5.69 Å². The minimum atomic E-state index is -0.00875. The van der Waals surface area contributed by atoms with E-state index in [1.54, 1.807) is 13.2 Å². The molecule has 0 spiro atoms. The van der Waals surface area contributed by atoms with Crippen molar-refractivity contribution in [3.8, 4) is 0 Å². The van der Waals surface area contributed by atoms with E-state index in [0.717, 1.165) is 12.8 Å². The van der Waals surface area contributed by atoms with E-state index >= 15 is 0 Å². The molecule has 0 atom stereocenters. The molecule has 1 heterocycles. The highest BCUT2D eigenvalue weighted by molar-refractivity contribution is 5.97. The Morgan fingerprint density at radius 2 is 2.05 bits per heavy atom. The van der Waals surface area contributed by atoms with Crippen molar-refractivity contribution in [1.82, 2.24) is 14.9 Å². The van der Waals surface area contributed by atoms with E-state index in [1.165, 1.54) is 12.8 Å². The van der Waals surface area contributed by atoms with Crippen molar-refractivity contribution in [3.63, 3.8) is 0 Å². The molecular weight excluding hydrogens is 252 g/mol. The fourth-order valence-electron chi connectivity index (χ4n) is 2.64. The van der Waals surface area contributed by atoms with Crippen molar-refractivity contribution in [2.45, 2.75) is 51.5 Å². The molecule has 1 aromatic rings. The van der Waals surface area contributed by atoms with Gasteiger partial charge in [-0.05, 0) is 12.8 Å². The van der Waals surface area contributed by atoms with Gasteiger partial charge in [0, 0.05) is 26.1 Å². The van der Waals surface area contributed by atoms with Crippen LogP contribution in [0.5, 0.6) is 0 Å². The highest BCUT2D eigenvalue weighted by Crippen LogP contribution is 2.25. The number of hydrogen-bond donors (Lipinski definition) is 1. The lowest BCUT2D eigenvalue weighted by Crippen LogP contribution is -2.36. The predicted molar refractivity (Wildman–Crippen MR) is 80.0 cm³/mol. The Morgan fingerprint density at radius 3 is 2.60 bits per heavy atom. The van der Waals surface area contributed by atoms with E-state index in [-0.39, 0.29) is 11.8 Å². The zero-order valence-corrected chi connectivity index (χ0v) is 12.8. The maximum absolute atomic E-state index is 12.7. The molecule has 2 rings (SSSR count). The first-order chi connectivity index (χ1) is 9.54. The van der Waals surface area contributed by atoms with Crippen LogP contribution in [0.2, 0.25) is 0 Å². The SMILES string of the molecule is CNc1cnc(C(C)C)nc1C(=O)N(C)C1CCCC1. The van der Waals surface area contributed by atoms with Crippen LogP contribution in [-0.4, -0.2) is 40.9 Å². The molecule has 1 aliphatic rings. The lowest BCUT2D eigenvalue weighted by Gasteiger charge is -2.25. The van der Waals surface area contributed by atoms with Crippen LogP contribution in [0.3, 0.4) is 0 Å². The summed E-state index contributed by atoms with van der Waals surface area (Å²) in [6, 6.07) is 0.352. The molecule has 1 amide bonds. The van der Waals surface area contributed by atoms with Gasteiger partial charge < -0.3 is 10.2 Å². The first-order valence-electron chi connectivity index (χ1n) is 7.36. The van der Waals surface area contributed by atoms with Gasteiger partial charge in [0.05, 0.1) is 11.9 Å². The van der Waals surface area contributed by atoms with E-state index in [2.05, 4.69) is 15.3 Å². The molecule has 1 aromatic heterocycles. The number of aromatic nitrogens is 2. The van der Waals surface area contributed by atoms with Crippen molar-refractivity contribution in [2.24, 2.45) is 0 Å². The van der Waals surface area contributed by atoms with E-state index < -0.39 is 0 Å². The van der Waals surface area contributed by atoms with Crippen molar-refractivity contribution in [1.29, 1.82) is 0 Å². The van der Waals surface area contributed by atoms with Crippen LogP contribution in [0.4, 0.5) is 5.69 Å². The summed E-state index contributed by atoms with van der Waals surface area (Å²) in [6.45, 7) is 4.06. The summed E-state index contributed by atoms with van der Waals surface area (Å²) < 4.78 is 0. The molecule has 0 aliphatic heterocycles. The third kappa shape index (κ3) is 2.92. The van der Waals surface area contributed by atoms with Crippen molar-refractivity contribution in [2.75, 3.05) is 19.4 Å². The zero-order valence-electron chi connectivity index (χ0n) is 12.8. The number of nitrogens with zero attached hydrogens (tertiary/aromatic N) is 3. The fourth-order valence-corrected chi connectivity index (χ4v) is 2.64. The molecule has 20 heavy (non-hydrogen) atoms. The number of rotatable bonds is 4. The quantitative estimate of drug-likeness (QED) is 0.918. The van der Waals surface area contributed by atoms with Crippen molar-refractivity contribution < 1.29 is 4.79 Å². The Bertz CT molecular complexity index is 481. The maximum atomic E-state index is 12.7. The number of carbonyl (C=O) groups excluding carboxylic acids is 1. The summed E-state index contributed by atoms with van der Waals surface area (Å²) >= 11 is 0. The molecule has 0 unspecified atom stereocenters. The van der Waals surface area contributed by atoms with Gasteiger partial charge in [0.1, 0.15) is 5.82 Å². The first-order valence-corrected chi connectivity index (χ1v) is 7.36. The van der Waals surface area contributed by atoms with E-state index in [9.17, 15) is 4.79 Å². The molecule has 1 fully saturated rings. The Kier molecular flexibility index (Phi) is 4.57. The average molecular weight is 276 g/mol. The molecule has 1 N–H and O–H groups in total. The van der Waals surface area contributed by atoms with Gasteiger partial charge in [0.25, 0.3) is 5.91 Å². The van der Waals surface area contributed by atoms with Gasteiger partial charge in [-0.25, -0.2) is 9.97 Å². The number of nitrogens with one attached hydrogen (secondary N) is 1. The van der Waals surface area contributed by atoms with E-state index in [4.69, 9.17) is 0 Å². The maximum Gasteiger partial charge on any atom is 0.274 e. The van der Waals surface area contributed by atoms with Crippen LogP contribution >= 0.6 is 0 Å². The average Bonchev–Trinajstić information content (AvgIpc) is 2.99. The molecule has 5 nitrogen and oxygen atoms in total. The van der Waals surface area contributed by atoms with Crippen LogP contribution in [0.1, 0.15) is 61.8 Å². The number of anilines is 1. The fraction of sp³-hybridized carbons (Fsp3) is 0.667. The Hall–Kier alpha value is -1.65. The van der Waals surface area contributed by atoms with Crippen molar-refractivity contribution in [3.05, 3.63) is 17.7 Å². The van der Waals surface area contributed by atoms with Gasteiger partial charge in [-0.1, -0.05) is 26.7 Å². The second-order valence-electron chi connectivity index (χ2n) is 5.75. The lowest BCUT2D eigenvalue weighted by atomic mass is 10.1. The van der Waals surface area contributed by atoms with Crippen molar-refractivity contribution >= 4 is 11.6 Å². The second kappa shape index (κ2) is 6.20.